The molecule has 122 valence electrons. The Morgan fingerprint density at radius 2 is 2.32 bits per heavy atom. The highest BCUT2D eigenvalue weighted by atomic mass is 35.5. The van der Waals surface area contributed by atoms with Crippen LogP contribution in [-0.2, 0) is 4.79 Å². The van der Waals surface area contributed by atoms with Gasteiger partial charge >= 0.3 is 5.97 Å². The fraction of sp³-hybridized carbons (Fsp3) is 0.588. The number of carboxylic acids is 1. The molecule has 1 N–H and O–H groups in total. The van der Waals surface area contributed by atoms with E-state index in [0.717, 1.165) is 44.6 Å². The summed E-state index contributed by atoms with van der Waals surface area (Å²) in [5, 5.41) is 9.46. The van der Waals surface area contributed by atoms with Crippen LogP contribution in [0.25, 0.3) is 0 Å². The Hall–Kier alpha value is -1.26. The number of hydrogen-bond acceptors (Lipinski definition) is 3. The summed E-state index contributed by atoms with van der Waals surface area (Å²) >= 11 is 5.92. The molecule has 1 atom stereocenters. The van der Waals surface area contributed by atoms with Gasteiger partial charge in [-0.05, 0) is 56.3 Å². The molecule has 1 fully saturated rings. The summed E-state index contributed by atoms with van der Waals surface area (Å²) < 4.78 is 5.69. The van der Waals surface area contributed by atoms with Crippen LogP contribution in [0, 0.1) is 5.92 Å². The molecule has 1 saturated heterocycles. The van der Waals surface area contributed by atoms with Gasteiger partial charge in [0.1, 0.15) is 5.75 Å². The number of piperidine rings is 1. The van der Waals surface area contributed by atoms with Crippen molar-refractivity contribution in [1.82, 2.24) is 4.90 Å². The van der Waals surface area contributed by atoms with Crippen molar-refractivity contribution in [1.29, 1.82) is 0 Å². The topological polar surface area (TPSA) is 49.8 Å². The van der Waals surface area contributed by atoms with Crippen LogP contribution in [0.3, 0.4) is 0 Å². The predicted molar refractivity (Wildman–Crippen MR) is 87.6 cm³/mol. The minimum atomic E-state index is -0.688. The highest BCUT2D eigenvalue weighted by Gasteiger charge is 2.20. The molecule has 1 heterocycles. The summed E-state index contributed by atoms with van der Waals surface area (Å²) in [5.41, 5.74) is 0. The number of nitrogens with zero attached hydrogens (tertiary/aromatic N) is 1. The van der Waals surface area contributed by atoms with Crippen molar-refractivity contribution in [3.05, 3.63) is 29.3 Å². The van der Waals surface area contributed by atoms with Crippen molar-refractivity contribution in [2.24, 2.45) is 5.92 Å². The molecular weight excluding hydrogens is 302 g/mol. The van der Waals surface area contributed by atoms with E-state index in [0.29, 0.717) is 17.5 Å². The maximum atomic E-state index is 10.7. The maximum absolute atomic E-state index is 10.7. The number of hydrogen-bond donors (Lipinski definition) is 1. The van der Waals surface area contributed by atoms with Gasteiger partial charge in [-0.25, -0.2) is 0 Å². The number of aliphatic carboxylic acids is 1. The molecule has 0 amide bonds. The summed E-state index contributed by atoms with van der Waals surface area (Å²) in [6.45, 7) is 3.81. The summed E-state index contributed by atoms with van der Waals surface area (Å²) in [4.78, 5) is 13.1. The SMILES string of the molecule is O=C(O)CCC1CCCN(CCCOc2cccc(Cl)c2)C1. The van der Waals surface area contributed by atoms with Gasteiger partial charge < -0.3 is 14.7 Å². The third kappa shape index (κ3) is 6.24. The molecular formula is C17H24ClNO3. The van der Waals surface area contributed by atoms with E-state index in [1.165, 1.54) is 6.42 Å². The third-order valence-corrected chi connectivity index (χ3v) is 4.29. The van der Waals surface area contributed by atoms with Gasteiger partial charge in [-0.15, -0.1) is 0 Å². The second kappa shape index (κ2) is 9.01. The van der Waals surface area contributed by atoms with Crippen molar-refractivity contribution in [3.63, 3.8) is 0 Å². The van der Waals surface area contributed by atoms with Crippen LogP contribution in [0.4, 0.5) is 0 Å². The predicted octanol–water partition coefficient (Wildman–Crippen LogP) is 3.69. The summed E-state index contributed by atoms with van der Waals surface area (Å²) in [6.07, 6.45) is 4.38. The van der Waals surface area contributed by atoms with Gasteiger partial charge in [0.15, 0.2) is 0 Å². The molecule has 5 heteroatoms. The van der Waals surface area contributed by atoms with Crippen molar-refractivity contribution in [2.75, 3.05) is 26.2 Å². The van der Waals surface area contributed by atoms with Crippen LogP contribution in [0.2, 0.25) is 5.02 Å². The lowest BCUT2D eigenvalue weighted by Gasteiger charge is -2.32. The number of likely N-dealkylation sites (tertiary alicyclic amines) is 1. The Labute approximate surface area is 137 Å². The zero-order chi connectivity index (χ0) is 15.8. The number of rotatable bonds is 8. The number of ether oxygens (including phenoxy) is 1. The molecule has 0 spiro atoms. The second-order valence-corrected chi connectivity index (χ2v) is 6.34. The molecule has 0 radical (unpaired) electrons. The minimum absolute atomic E-state index is 0.288. The van der Waals surface area contributed by atoms with E-state index in [-0.39, 0.29) is 6.42 Å². The quantitative estimate of drug-likeness (QED) is 0.741. The lowest BCUT2D eigenvalue weighted by atomic mass is 9.93. The molecule has 1 unspecified atom stereocenters. The van der Waals surface area contributed by atoms with Gasteiger partial charge in [-0.2, -0.15) is 0 Å². The van der Waals surface area contributed by atoms with E-state index in [2.05, 4.69) is 4.90 Å². The number of carbonyl (C=O) groups is 1. The summed E-state index contributed by atoms with van der Waals surface area (Å²) in [5.74, 6) is 0.649. The molecule has 0 aliphatic carbocycles. The first-order chi connectivity index (χ1) is 10.6. The Balaban J connectivity index is 1.63. The largest absolute Gasteiger partial charge is 0.493 e. The average molecular weight is 326 g/mol. The maximum Gasteiger partial charge on any atom is 0.303 e. The molecule has 1 aromatic carbocycles. The van der Waals surface area contributed by atoms with Crippen LogP contribution < -0.4 is 4.74 Å². The standard InChI is InChI=1S/C17H24ClNO3/c18-15-5-1-6-16(12-15)22-11-3-10-19-9-2-4-14(13-19)7-8-17(20)21/h1,5-6,12,14H,2-4,7-11,13H2,(H,20,21). The van der Waals surface area contributed by atoms with Crippen LogP contribution in [-0.4, -0.2) is 42.2 Å². The Morgan fingerprint density at radius 1 is 1.45 bits per heavy atom. The zero-order valence-electron chi connectivity index (χ0n) is 12.8. The second-order valence-electron chi connectivity index (χ2n) is 5.90. The molecule has 0 saturated carbocycles. The van der Waals surface area contributed by atoms with Crippen LogP contribution >= 0.6 is 11.6 Å². The lowest BCUT2D eigenvalue weighted by molar-refractivity contribution is -0.137. The number of carboxylic acid groups (broad SMARTS) is 1. The van der Waals surface area contributed by atoms with Crippen molar-refractivity contribution < 1.29 is 14.6 Å². The third-order valence-electron chi connectivity index (χ3n) is 4.05. The summed E-state index contributed by atoms with van der Waals surface area (Å²) in [6, 6.07) is 7.45. The molecule has 22 heavy (non-hydrogen) atoms. The van der Waals surface area contributed by atoms with E-state index in [9.17, 15) is 4.79 Å². The smallest absolute Gasteiger partial charge is 0.303 e. The van der Waals surface area contributed by atoms with Gasteiger partial charge in [0.05, 0.1) is 6.61 Å². The van der Waals surface area contributed by atoms with Crippen molar-refractivity contribution in [3.8, 4) is 5.75 Å². The number of benzene rings is 1. The Morgan fingerprint density at radius 3 is 3.09 bits per heavy atom. The van der Waals surface area contributed by atoms with Crippen molar-refractivity contribution in [2.45, 2.75) is 32.1 Å². The fourth-order valence-corrected chi connectivity index (χ4v) is 3.13. The normalized spacial score (nSPS) is 19.0. The average Bonchev–Trinajstić information content (AvgIpc) is 2.50. The van der Waals surface area contributed by atoms with E-state index in [1.807, 2.05) is 24.3 Å². The first-order valence-electron chi connectivity index (χ1n) is 7.96. The molecule has 2 rings (SSSR count). The fourth-order valence-electron chi connectivity index (χ4n) is 2.95. The molecule has 0 aromatic heterocycles. The van der Waals surface area contributed by atoms with Gasteiger partial charge in [0.2, 0.25) is 0 Å². The van der Waals surface area contributed by atoms with Crippen LogP contribution in [0.15, 0.2) is 24.3 Å². The van der Waals surface area contributed by atoms with Crippen molar-refractivity contribution >= 4 is 17.6 Å². The van der Waals surface area contributed by atoms with E-state index >= 15 is 0 Å². The Bertz CT molecular complexity index is 481. The van der Waals surface area contributed by atoms with Crippen LogP contribution in [0.1, 0.15) is 32.1 Å². The van der Waals surface area contributed by atoms with E-state index in [1.54, 1.807) is 0 Å². The lowest BCUT2D eigenvalue weighted by Crippen LogP contribution is -2.36. The van der Waals surface area contributed by atoms with Gasteiger partial charge in [0.25, 0.3) is 0 Å². The molecule has 1 aliphatic heterocycles. The van der Waals surface area contributed by atoms with Gasteiger partial charge in [0, 0.05) is 24.5 Å². The van der Waals surface area contributed by atoms with Gasteiger partial charge in [-0.1, -0.05) is 17.7 Å². The zero-order valence-corrected chi connectivity index (χ0v) is 13.6. The monoisotopic (exact) mass is 325 g/mol. The van der Waals surface area contributed by atoms with E-state index in [4.69, 9.17) is 21.4 Å². The van der Waals surface area contributed by atoms with Crippen LogP contribution in [0.5, 0.6) is 5.75 Å². The first kappa shape index (κ1) is 17.1. The first-order valence-corrected chi connectivity index (χ1v) is 8.34. The highest BCUT2D eigenvalue weighted by molar-refractivity contribution is 6.30. The Kier molecular flexibility index (Phi) is 7.00. The van der Waals surface area contributed by atoms with E-state index < -0.39 is 5.97 Å². The molecule has 1 aromatic rings. The highest BCUT2D eigenvalue weighted by Crippen LogP contribution is 2.21. The summed E-state index contributed by atoms with van der Waals surface area (Å²) in [7, 11) is 0. The molecule has 4 nitrogen and oxygen atoms in total. The van der Waals surface area contributed by atoms with Gasteiger partial charge in [-0.3, -0.25) is 4.79 Å². The molecule has 0 bridgehead atoms. The molecule has 1 aliphatic rings. The minimum Gasteiger partial charge on any atom is -0.493 e. The number of halogens is 1.